The maximum Gasteiger partial charge on any atom is 0.265 e. The Kier molecular flexibility index (Phi) is 7.08. The Balaban J connectivity index is 1.39. The third-order valence-corrected chi connectivity index (χ3v) is 7.25. The molecule has 1 saturated heterocycles. The molecule has 0 bridgehead atoms. The van der Waals surface area contributed by atoms with Gasteiger partial charge in [-0.05, 0) is 48.4 Å². The van der Waals surface area contributed by atoms with Crippen LogP contribution < -0.4 is 10.1 Å². The molecule has 3 aromatic rings. The van der Waals surface area contributed by atoms with Gasteiger partial charge in [-0.2, -0.15) is 4.31 Å². The predicted molar refractivity (Wildman–Crippen MR) is 127 cm³/mol. The monoisotopic (exact) mass is 466 g/mol. The number of sulfonamides is 1. The quantitative estimate of drug-likeness (QED) is 0.573. The van der Waals surface area contributed by atoms with Crippen molar-refractivity contribution in [3.63, 3.8) is 0 Å². The molecule has 0 aliphatic carbocycles. The number of carbonyl (C=O) groups is 1. The highest BCUT2D eigenvalue weighted by Crippen LogP contribution is 2.24. The number of carbonyl (C=O) groups excluding carboxylic acids is 1. The zero-order valence-corrected chi connectivity index (χ0v) is 19.1. The van der Waals surface area contributed by atoms with Crippen molar-refractivity contribution in [2.24, 2.45) is 0 Å². The average Bonchev–Trinajstić information content (AvgIpc) is 2.85. The summed E-state index contributed by atoms with van der Waals surface area (Å²) in [5.41, 5.74) is 2.55. The zero-order chi connectivity index (χ0) is 23.3. The lowest BCUT2D eigenvalue weighted by Gasteiger charge is -2.26. The summed E-state index contributed by atoms with van der Waals surface area (Å²) in [5.74, 6) is 0.198. The van der Waals surface area contributed by atoms with Crippen LogP contribution in [0.4, 0.5) is 5.69 Å². The number of benzene rings is 3. The maximum absolute atomic E-state index is 12.9. The number of hydrogen-bond donors (Lipinski definition) is 1. The van der Waals surface area contributed by atoms with Crippen molar-refractivity contribution >= 4 is 21.6 Å². The van der Waals surface area contributed by atoms with Crippen molar-refractivity contribution < 1.29 is 22.7 Å². The fourth-order valence-electron chi connectivity index (χ4n) is 3.53. The Bertz CT molecular complexity index is 1190. The second-order valence-electron chi connectivity index (χ2n) is 7.68. The Morgan fingerprint density at radius 1 is 0.939 bits per heavy atom. The lowest BCUT2D eigenvalue weighted by molar-refractivity contribution is -0.122. The first kappa shape index (κ1) is 23.0. The van der Waals surface area contributed by atoms with Crippen LogP contribution in [0.5, 0.6) is 5.75 Å². The highest BCUT2D eigenvalue weighted by Gasteiger charge is 2.26. The van der Waals surface area contributed by atoms with E-state index in [0.717, 1.165) is 11.1 Å². The molecule has 1 heterocycles. The lowest BCUT2D eigenvalue weighted by atomic mass is 10.1. The van der Waals surface area contributed by atoms with E-state index in [1.54, 1.807) is 19.1 Å². The van der Waals surface area contributed by atoms with Crippen molar-refractivity contribution in [2.75, 3.05) is 31.6 Å². The van der Waals surface area contributed by atoms with E-state index in [0.29, 0.717) is 37.7 Å². The van der Waals surface area contributed by atoms with E-state index < -0.39 is 16.1 Å². The number of amides is 1. The zero-order valence-electron chi connectivity index (χ0n) is 18.3. The smallest absolute Gasteiger partial charge is 0.265 e. The van der Waals surface area contributed by atoms with Crippen LogP contribution in [0.15, 0.2) is 83.8 Å². The predicted octanol–water partition coefficient (Wildman–Crippen LogP) is 3.78. The minimum absolute atomic E-state index is 0.132. The largest absolute Gasteiger partial charge is 0.481 e. The number of morpholine rings is 1. The molecule has 8 heteroatoms. The Hall–Kier alpha value is -3.20. The first-order valence-corrected chi connectivity index (χ1v) is 12.2. The standard InChI is InChI=1S/C25H26N2O5S/c1-19(32-23-12-10-21(11-13-23)20-6-3-2-4-7-20)25(28)26-22-8-5-9-24(18-22)33(29,30)27-14-16-31-17-15-27/h2-13,18-19H,14-17H2,1H3,(H,26,28)/t19-/m1/s1. The first-order valence-electron chi connectivity index (χ1n) is 10.7. The van der Waals surface area contributed by atoms with E-state index in [1.807, 2.05) is 54.6 Å². The molecular formula is C25H26N2O5S. The molecule has 1 amide bonds. The fourth-order valence-corrected chi connectivity index (χ4v) is 4.98. The molecule has 0 aromatic heterocycles. The summed E-state index contributed by atoms with van der Waals surface area (Å²) >= 11 is 0. The van der Waals surface area contributed by atoms with Crippen LogP contribution >= 0.6 is 0 Å². The van der Waals surface area contributed by atoms with Crippen molar-refractivity contribution in [2.45, 2.75) is 17.9 Å². The Morgan fingerprint density at radius 2 is 1.61 bits per heavy atom. The minimum Gasteiger partial charge on any atom is -0.481 e. The van der Waals surface area contributed by atoms with Crippen molar-refractivity contribution in [3.05, 3.63) is 78.9 Å². The van der Waals surface area contributed by atoms with Gasteiger partial charge in [0.1, 0.15) is 5.75 Å². The molecule has 0 spiro atoms. The highest BCUT2D eigenvalue weighted by molar-refractivity contribution is 7.89. The van der Waals surface area contributed by atoms with Gasteiger partial charge in [-0.25, -0.2) is 8.42 Å². The molecule has 172 valence electrons. The molecule has 33 heavy (non-hydrogen) atoms. The summed E-state index contributed by atoms with van der Waals surface area (Å²) in [6.45, 7) is 3.02. The summed E-state index contributed by atoms with van der Waals surface area (Å²) in [5, 5.41) is 2.74. The Labute approximate surface area is 194 Å². The number of nitrogens with one attached hydrogen (secondary N) is 1. The number of ether oxygens (including phenoxy) is 2. The van der Waals surface area contributed by atoms with Gasteiger partial charge in [-0.3, -0.25) is 4.79 Å². The van der Waals surface area contributed by atoms with E-state index in [-0.39, 0.29) is 10.8 Å². The van der Waals surface area contributed by atoms with E-state index in [2.05, 4.69) is 5.32 Å². The van der Waals surface area contributed by atoms with E-state index >= 15 is 0 Å². The third-order valence-electron chi connectivity index (χ3n) is 5.35. The summed E-state index contributed by atoms with van der Waals surface area (Å²) < 4.78 is 38.1. The van der Waals surface area contributed by atoms with Crippen LogP contribution in [0.25, 0.3) is 11.1 Å². The van der Waals surface area contributed by atoms with Crippen molar-refractivity contribution in [1.82, 2.24) is 4.31 Å². The molecule has 1 atom stereocenters. The van der Waals surface area contributed by atoms with E-state index in [1.165, 1.54) is 16.4 Å². The molecule has 1 aliphatic heterocycles. The third kappa shape index (κ3) is 5.60. The van der Waals surface area contributed by atoms with Crippen molar-refractivity contribution in [3.8, 4) is 16.9 Å². The van der Waals surface area contributed by atoms with Crippen LogP contribution in [-0.2, 0) is 19.6 Å². The van der Waals surface area contributed by atoms with Crippen LogP contribution in [0, 0.1) is 0 Å². The van der Waals surface area contributed by atoms with Gasteiger partial charge in [-0.15, -0.1) is 0 Å². The summed E-state index contributed by atoms with van der Waals surface area (Å²) in [4.78, 5) is 12.8. The van der Waals surface area contributed by atoms with Crippen molar-refractivity contribution in [1.29, 1.82) is 0 Å². The topological polar surface area (TPSA) is 84.9 Å². The summed E-state index contributed by atoms with van der Waals surface area (Å²) in [7, 11) is -3.65. The SMILES string of the molecule is C[C@@H](Oc1ccc(-c2ccccc2)cc1)C(=O)Nc1cccc(S(=O)(=O)N2CCOCC2)c1. The molecule has 1 N–H and O–H groups in total. The molecule has 0 saturated carbocycles. The maximum atomic E-state index is 12.9. The average molecular weight is 467 g/mol. The van der Waals surface area contributed by atoms with Gasteiger partial charge in [0.25, 0.3) is 5.91 Å². The molecule has 4 rings (SSSR count). The first-order chi connectivity index (χ1) is 15.9. The molecule has 1 fully saturated rings. The van der Waals surface area contributed by atoms with Crippen LogP contribution in [0.2, 0.25) is 0 Å². The van der Waals surface area contributed by atoms with E-state index in [4.69, 9.17) is 9.47 Å². The van der Waals surface area contributed by atoms with Crippen LogP contribution in [0.1, 0.15) is 6.92 Å². The fraction of sp³-hybridized carbons (Fsp3) is 0.240. The number of hydrogen-bond acceptors (Lipinski definition) is 5. The number of rotatable bonds is 7. The molecule has 7 nitrogen and oxygen atoms in total. The summed E-state index contributed by atoms with van der Waals surface area (Å²) in [6, 6.07) is 23.7. The van der Waals surface area contributed by atoms with Gasteiger partial charge >= 0.3 is 0 Å². The van der Waals surface area contributed by atoms with Gasteiger partial charge in [0.2, 0.25) is 10.0 Å². The van der Waals surface area contributed by atoms with Crippen LogP contribution in [0.3, 0.4) is 0 Å². The Morgan fingerprint density at radius 3 is 2.30 bits per heavy atom. The number of nitrogens with zero attached hydrogens (tertiary/aromatic N) is 1. The second kappa shape index (κ2) is 10.2. The van der Waals surface area contributed by atoms with Crippen LogP contribution in [-0.4, -0.2) is 51.0 Å². The molecule has 1 aliphatic rings. The van der Waals surface area contributed by atoms with Gasteiger partial charge < -0.3 is 14.8 Å². The highest BCUT2D eigenvalue weighted by atomic mass is 32.2. The minimum atomic E-state index is -3.65. The van der Waals surface area contributed by atoms with Gasteiger partial charge in [-0.1, -0.05) is 48.5 Å². The molecule has 0 radical (unpaired) electrons. The van der Waals surface area contributed by atoms with E-state index in [9.17, 15) is 13.2 Å². The molecular weight excluding hydrogens is 440 g/mol. The number of anilines is 1. The van der Waals surface area contributed by atoms with Gasteiger partial charge in [0.15, 0.2) is 6.10 Å². The second-order valence-corrected chi connectivity index (χ2v) is 9.62. The van der Waals surface area contributed by atoms with Gasteiger partial charge in [0, 0.05) is 18.8 Å². The summed E-state index contributed by atoms with van der Waals surface area (Å²) in [6.07, 6.45) is -0.771. The molecule has 0 unspecified atom stereocenters. The molecule has 3 aromatic carbocycles. The van der Waals surface area contributed by atoms with Gasteiger partial charge in [0.05, 0.1) is 18.1 Å². The normalized spacial score (nSPS) is 15.5. The lowest BCUT2D eigenvalue weighted by Crippen LogP contribution is -2.40.